The van der Waals surface area contributed by atoms with Gasteiger partial charge in [-0.05, 0) is 17.9 Å². The van der Waals surface area contributed by atoms with E-state index in [4.69, 9.17) is 0 Å². The quantitative estimate of drug-likeness (QED) is 0.637. The summed E-state index contributed by atoms with van der Waals surface area (Å²) in [6, 6.07) is 7.00. The summed E-state index contributed by atoms with van der Waals surface area (Å²) >= 11 is 1.69. The monoisotopic (exact) mass is 180 g/mol. The minimum absolute atomic E-state index is 0.0845. The van der Waals surface area contributed by atoms with Crippen molar-refractivity contribution in [3.8, 4) is 0 Å². The molecule has 0 aromatic heterocycles. The van der Waals surface area contributed by atoms with Crippen molar-refractivity contribution in [1.29, 1.82) is 0 Å². The number of rotatable bonds is 1. The van der Waals surface area contributed by atoms with Crippen LogP contribution in [-0.4, -0.2) is 0 Å². The lowest BCUT2D eigenvalue weighted by molar-refractivity contribution is 0.608. The Hall–Kier alpha value is -0.760. The molecule has 62 valence electrons. The Bertz CT molecular complexity index is 298. The first-order valence-electron chi connectivity index (χ1n) is 3.93. The standard InChI is InChI=1S/C10H9FS/c11-9-5-2-1-4-8(9)10-6-3-7-12-10/h1-5,7,10H,6H2. The van der Waals surface area contributed by atoms with E-state index in [1.807, 2.05) is 17.5 Å². The Balaban J connectivity index is 2.27. The summed E-state index contributed by atoms with van der Waals surface area (Å²) in [5.41, 5.74) is 0.826. The molecule has 0 amide bonds. The number of benzene rings is 1. The van der Waals surface area contributed by atoms with E-state index in [1.165, 1.54) is 6.07 Å². The van der Waals surface area contributed by atoms with Gasteiger partial charge in [-0.15, -0.1) is 11.8 Å². The Labute approximate surface area is 75.5 Å². The van der Waals surface area contributed by atoms with Gasteiger partial charge in [-0.25, -0.2) is 4.39 Å². The van der Waals surface area contributed by atoms with Crippen LogP contribution in [0.15, 0.2) is 35.7 Å². The van der Waals surface area contributed by atoms with Crippen LogP contribution in [0.2, 0.25) is 0 Å². The van der Waals surface area contributed by atoms with Crippen LogP contribution in [0.25, 0.3) is 0 Å². The number of thioether (sulfide) groups is 1. The van der Waals surface area contributed by atoms with E-state index < -0.39 is 0 Å². The highest BCUT2D eigenvalue weighted by Gasteiger charge is 2.16. The largest absolute Gasteiger partial charge is 0.207 e. The molecule has 0 N–H and O–H groups in total. The normalized spacial score (nSPS) is 21.6. The molecule has 1 aliphatic rings. The van der Waals surface area contributed by atoms with E-state index in [-0.39, 0.29) is 5.82 Å². The summed E-state index contributed by atoms with van der Waals surface area (Å²) in [5, 5.41) is 2.34. The minimum Gasteiger partial charge on any atom is -0.207 e. The average Bonchev–Trinajstić information content (AvgIpc) is 2.57. The van der Waals surface area contributed by atoms with E-state index in [2.05, 4.69) is 6.08 Å². The summed E-state index contributed by atoms with van der Waals surface area (Å²) in [7, 11) is 0. The molecule has 1 aliphatic heterocycles. The maximum Gasteiger partial charge on any atom is 0.127 e. The van der Waals surface area contributed by atoms with Crippen molar-refractivity contribution in [1.82, 2.24) is 0 Å². The molecule has 0 fully saturated rings. The van der Waals surface area contributed by atoms with Crippen molar-refractivity contribution in [2.75, 3.05) is 0 Å². The third kappa shape index (κ3) is 1.39. The topological polar surface area (TPSA) is 0 Å². The Morgan fingerprint density at radius 2 is 2.17 bits per heavy atom. The number of hydrogen-bond acceptors (Lipinski definition) is 1. The van der Waals surface area contributed by atoms with Gasteiger partial charge >= 0.3 is 0 Å². The molecule has 1 aromatic rings. The SMILES string of the molecule is Fc1ccccc1C1CC=CS1. The van der Waals surface area contributed by atoms with Gasteiger partial charge in [0.1, 0.15) is 5.82 Å². The zero-order valence-corrected chi connectivity index (χ0v) is 7.35. The molecule has 1 unspecified atom stereocenters. The smallest absolute Gasteiger partial charge is 0.127 e. The maximum atomic E-state index is 13.2. The van der Waals surface area contributed by atoms with Gasteiger partial charge in [-0.2, -0.15) is 0 Å². The minimum atomic E-state index is -0.0845. The van der Waals surface area contributed by atoms with Crippen molar-refractivity contribution in [2.24, 2.45) is 0 Å². The van der Waals surface area contributed by atoms with Gasteiger partial charge in [0.25, 0.3) is 0 Å². The second-order valence-corrected chi connectivity index (χ2v) is 3.87. The van der Waals surface area contributed by atoms with E-state index >= 15 is 0 Å². The molecule has 0 aliphatic carbocycles. The second kappa shape index (κ2) is 3.31. The van der Waals surface area contributed by atoms with Gasteiger partial charge in [0, 0.05) is 10.8 Å². The van der Waals surface area contributed by atoms with Crippen LogP contribution in [0.3, 0.4) is 0 Å². The lowest BCUT2D eigenvalue weighted by atomic mass is 10.1. The van der Waals surface area contributed by atoms with Crippen LogP contribution in [0.5, 0.6) is 0 Å². The second-order valence-electron chi connectivity index (χ2n) is 2.75. The van der Waals surface area contributed by atoms with Crippen LogP contribution in [-0.2, 0) is 0 Å². The highest BCUT2D eigenvalue weighted by Crippen LogP contribution is 2.39. The summed E-state index contributed by atoms with van der Waals surface area (Å²) in [6.45, 7) is 0. The first kappa shape index (κ1) is 7.87. The predicted octanol–water partition coefficient (Wildman–Crippen LogP) is 3.52. The molecule has 1 heterocycles. The van der Waals surface area contributed by atoms with Crippen molar-refractivity contribution in [3.05, 3.63) is 47.1 Å². The first-order valence-corrected chi connectivity index (χ1v) is 4.87. The fourth-order valence-electron chi connectivity index (χ4n) is 1.32. The van der Waals surface area contributed by atoms with Crippen LogP contribution in [0.4, 0.5) is 4.39 Å². The van der Waals surface area contributed by atoms with E-state index in [9.17, 15) is 4.39 Å². The zero-order chi connectivity index (χ0) is 8.39. The third-order valence-corrected chi connectivity index (χ3v) is 3.07. The van der Waals surface area contributed by atoms with Crippen LogP contribution < -0.4 is 0 Å². The van der Waals surface area contributed by atoms with Gasteiger partial charge in [-0.3, -0.25) is 0 Å². The average molecular weight is 180 g/mol. The first-order chi connectivity index (χ1) is 5.88. The molecule has 1 aromatic carbocycles. The predicted molar refractivity (Wildman–Crippen MR) is 50.5 cm³/mol. The van der Waals surface area contributed by atoms with E-state index in [0.717, 1.165) is 12.0 Å². The molecule has 0 saturated heterocycles. The van der Waals surface area contributed by atoms with Gasteiger partial charge < -0.3 is 0 Å². The van der Waals surface area contributed by atoms with Crippen molar-refractivity contribution >= 4 is 11.8 Å². The maximum absolute atomic E-state index is 13.2. The van der Waals surface area contributed by atoms with Gasteiger partial charge in [-0.1, -0.05) is 24.3 Å². The zero-order valence-electron chi connectivity index (χ0n) is 6.53. The number of allylic oxidation sites excluding steroid dienone is 1. The Morgan fingerprint density at radius 3 is 2.83 bits per heavy atom. The molecule has 1 atom stereocenters. The summed E-state index contributed by atoms with van der Waals surface area (Å²) in [5.74, 6) is -0.0845. The molecule has 12 heavy (non-hydrogen) atoms. The van der Waals surface area contributed by atoms with E-state index in [0.29, 0.717) is 5.25 Å². The summed E-state index contributed by atoms with van der Waals surface area (Å²) < 4.78 is 13.2. The fraction of sp³-hybridized carbons (Fsp3) is 0.200. The van der Waals surface area contributed by atoms with Crippen molar-refractivity contribution in [3.63, 3.8) is 0 Å². The number of hydrogen-bond donors (Lipinski definition) is 0. The molecule has 2 heteroatoms. The highest BCUT2D eigenvalue weighted by molar-refractivity contribution is 8.02. The van der Waals surface area contributed by atoms with Crippen molar-refractivity contribution < 1.29 is 4.39 Å². The van der Waals surface area contributed by atoms with Gasteiger partial charge in [0.2, 0.25) is 0 Å². The lowest BCUT2D eigenvalue weighted by Gasteiger charge is -2.08. The Kier molecular flexibility index (Phi) is 2.17. The van der Waals surface area contributed by atoms with Crippen LogP contribution >= 0.6 is 11.8 Å². The lowest BCUT2D eigenvalue weighted by Crippen LogP contribution is -1.92. The fourth-order valence-corrected chi connectivity index (χ4v) is 2.29. The van der Waals surface area contributed by atoms with Gasteiger partial charge in [0.15, 0.2) is 0 Å². The van der Waals surface area contributed by atoms with Crippen LogP contribution in [0.1, 0.15) is 17.2 Å². The molecule has 0 saturated carbocycles. The van der Waals surface area contributed by atoms with Gasteiger partial charge in [0.05, 0.1) is 0 Å². The molecular formula is C10H9FS. The molecule has 0 radical (unpaired) electrons. The highest BCUT2D eigenvalue weighted by atomic mass is 32.2. The van der Waals surface area contributed by atoms with Crippen LogP contribution in [0, 0.1) is 5.82 Å². The molecular weight excluding hydrogens is 171 g/mol. The molecule has 0 spiro atoms. The summed E-state index contributed by atoms with van der Waals surface area (Å²) in [4.78, 5) is 0. The molecule has 0 nitrogen and oxygen atoms in total. The molecule has 2 rings (SSSR count). The third-order valence-electron chi connectivity index (χ3n) is 1.94. The summed E-state index contributed by atoms with van der Waals surface area (Å²) in [6.07, 6.45) is 3.04. The number of halogens is 1. The van der Waals surface area contributed by atoms with E-state index in [1.54, 1.807) is 17.8 Å². The Morgan fingerprint density at radius 1 is 1.33 bits per heavy atom. The molecule has 0 bridgehead atoms. The van der Waals surface area contributed by atoms with Crippen molar-refractivity contribution in [2.45, 2.75) is 11.7 Å².